The number of ketones is 1. The fourth-order valence-electron chi connectivity index (χ4n) is 3.66. The van der Waals surface area contributed by atoms with Gasteiger partial charge in [-0.3, -0.25) is 14.6 Å². The van der Waals surface area contributed by atoms with E-state index in [1.165, 1.54) is 17.3 Å². The van der Waals surface area contributed by atoms with Crippen LogP contribution in [0.1, 0.15) is 22.7 Å². The van der Waals surface area contributed by atoms with Crippen LogP contribution in [0.5, 0.6) is 0 Å². The van der Waals surface area contributed by atoms with Gasteiger partial charge in [-0.2, -0.15) is 0 Å². The van der Waals surface area contributed by atoms with E-state index in [1.54, 1.807) is 36.4 Å². The number of hydrogen-bond acceptors (Lipinski definition) is 4. The molecule has 1 aromatic heterocycles. The van der Waals surface area contributed by atoms with Crippen molar-refractivity contribution in [3.8, 4) is 0 Å². The van der Waals surface area contributed by atoms with Gasteiger partial charge in [0.25, 0.3) is 11.7 Å². The molecule has 5 nitrogen and oxygen atoms in total. The Hall–Kier alpha value is -3.44. The molecule has 30 heavy (non-hydrogen) atoms. The highest BCUT2D eigenvalue weighted by molar-refractivity contribution is 6.46. The number of Topliss-reactive ketones (excluding diaryl/α,β-unsaturated/α-hetero) is 1. The van der Waals surface area contributed by atoms with Crippen molar-refractivity contribution in [2.24, 2.45) is 0 Å². The summed E-state index contributed by atoms with van der Waals surface area (Å²) in [6.45, 7) is 0.342. The van der Waals surface area contributed by atoms with Crippen LogP contribution in [0.3, 0.4) is 0 Å². The Morgan fingerprint density at radius 3 is 2.30 bits per heavy atom. The predicted octanol–water partition coefficient (Wildman–Crippen LogP) is 4.40. The van der Waals surface area contributed by atoms with E-state index >= 15 is 0 Å². The van der Waals surface area contributed by atoms with E-state index in [9.17, 15) is 14.7 Å². The lowest BCUT2D eigenvalue weighted by Crippen LogP contribution is -2.31. The molecule has 3 aromatic rings. The van der Waals surface area contributed by atoms with Gasteiger partial charge in [0.05, 0.1) is 11.6 Å². The van der Waals surface area contributed by atoms with Crippen molar-refractivity contribution in [2.45, 2.75) is 12.5 Å². The van der Waals surface area contributed by atoms with Gasteiger partial charge in [-0.15, -0.1) is 0 Å². The second-order valence-electron chi connectivity index (χ2n) is 7.02. The average molecular weight is 419 g/mol. The quantitative estimate of drug-likeness (QED) is 0.379. The summed E-state index contributed by atoms with van der Waals surface area (Å²) in [6, 6.07) is 19.2. The maximum absolute atomic E-state index is 12.9. The highest BCUT2D eigenvalue weighted by Gasteiger charge is 2.45. The van der Waals surface area contributed by atoms with E-state index in [0.29, 0.717) is 29.1 Å². The Morgan fingerprint density at radius 1 is 0.967 bits per heavy atom. The minimum Gasteiger partial charge on any atom is -0.507 e. The van der Waals surface area contributed by atoms with Crippen LogP contribution in [0.25, 0.3) is 5.76 Å². The van der Waals surface area contributed by atoms with Crippen LogP contribution < -0.4 is 0 Å². The molecule has 1 saturated heterocycles. The van der Waals surface area contributed by atoms with E-state index in [4.69, 9.17) is 11.6 Å². The van der Waals surface area contributed by atoms with Gasteiger partial charge in [-0.05, 0) is 41.8 Å². The van der Waals surface area contributed by atoms with Crippen LogP contribution in [0.15, 0.2) is 84.7 Å². The molecule has 1 fully saturated rings. The average Bonchev–Trinajstić information content (AvgIpc) is 3.04. The summed E-state index contributed by atoms with van der Waals surface area (Å²) in [6.07, 6.45) is 3.64. The first-order valence-electron chi connectivity index (χ1n) is 9.54. The van der Waals surface area contributed by atoms with Crippen LogP contribution in [0.4, 0.5) is 0 Å². The van der Waals surface area contributed by atoms with Gasteiger partial charge < -0.3 is 10.0 Å². The number of aliphatic hydroxyl groups excluding tert-OH is 1. The molecule has 1 N–H and O–H groups in total. The maximum Gasteiger partial charge on any atom is 0.295 e. The molecule has 1 aliphatic heterocycles. The minimum atomic E-state index is -0.697. The molecule has 150 valence electrons. The molecule has 0 saturated carbocycles. The fraction of sp³-hybridized carbons (Fsp3) is 0.125. The smallest absolute Gasteiger partial charge is 0.295 e. The summed E-state index contributed by atoms with van der Waals surface area (Å²) in [5.41, 5.74) is 2.28. The van der Waals surface area contributed by atoms with Crippen molar-refractivity contribution in [1.29, 1.82) is 0 Å². The monoisotopic (exact) mass is 418 g/mol. The fourth-order valence-corrected chi connectivity index (χ4v) is 3.79. The van der Waals surface area contributed by atoms with Gasteiger partial charge in [0, 0.05) is 29.5 Å². The first-order chi connectivity index (χ1) is 14.6. The molecule has 1 amide bonds. The molecule has 0 aliphatic carbocycles. The molecule has 6 heteroatoms. The number of pyridine rings is 1. The number of aromatic nitrogens is 1. The second-order valence-corrected chi connectivity index (χ2v) is 7.45. The molecule has 1 atom stereocenters. The summed E-state index contributed by atoms with van der Waals surface area (Å²) in [5, 5.41) is 11.5. The zero-order valence-electron chi connectivity index (χ0n) is 16.0. The summed E-state index contributed by atoms with van der Waals surface area (Å²) in [7, 11) is 0. The lowest BCUT2D eigenvalue weighted by Gasteiger charge is -2.25. The summed E-state index contributed by atoms with van der Waals surface area (Å²) >= 11 is 6.03. The summed E-state index contributed by atoms with van der Waals surface area (Å²) in [5.74, 6) is -1.53. The highest BCUT2D eigenvalue weighted by atomic mass is 35.5. The molecule has 0 radical (unpaired) electrons. The highest BCUT2D eigenvalue weighted by Crippen LogP contribution is 2.39. The van der Waals surface area contributed by atoms with Crippen molar-refractivity contribution < 1.29 is 14.7 Å². The van der Waals surface area contributed by atoms with E-state index in [-0.39, 0.29) is 11.3 Å². The number of amides is 1. The van der Waals surface area contributed by atoms with Crippen molar-refractivity contribution >= 4 is 29.1 Å². The predicted molar refractivity (Wildman–Crippen MR) is 115 cm³/mol. The van der Waals surface area contributed by atoms with Crippen LogP contribution in [0.2, 0.25) is 5.02 Å². The summed E-state index contributed by atoms with van der Waals surface area (Å²) in [4.78, 5) is 31.3. The first-order valence-corrected chi connectivity index (χ1v) is 9.92. The third-order valence-corrected chi connectivity index (χ3v) is 5.42. The Kier molecular flexibility index (Phi) is 5.63. The lowest BCUT2D eigenvalue weighted by molar-refractivity contribution is -0.139. The minimum absolute atomic E-state index is 0.0709. The van der Waals surface area contributed by atoms with E-state index in [0.717, 1.165) is 5.56 Å². The van der Waals surface area contributed by atoms with E-state index in [1.807, 2.05) is 30.3 Å². The normalized spacial score (nSPS) is 18.0. The van der Waals surface area contributed by atoms with E-state index < -0.39 is 17.7 Å². The first kappa shape index (κ1) is 19.9. The number of likely N-dealkylation sites (tertiary alicyclic amines) is 1. The van der Waals surface area contributed by atoms with Gasteiger partial charge >= 0.3 is 0 Å². The zero-order valence-corrected chi connectivity index (χ0v) is 16.8. The number of carbonyl (C=O) groups excluding carboxylic acids is 2. The molecule has 0 spiro atoms. The molecular formula is C24H19ClN2O3. The van der Waals surface area contributed by atoms with Crippen LogP contribution in [-0.4, -0.2) is 33.2 Å². The number of carbonyl (C=O) groups is 2. The number of aliphatic hydroxyl groups is 1. The van der Waals surface area contributed by atoms with Crippen molar-refractivity contribution in [3.05, 3.63) is 106 Å². The molecule has 1 aliphatic rings. The Morgan fingerprint density at radius 2 is 1.63 bits per heavy atom. The number of nitrogens with zero attached hydrogens (tertiary/aromatic N) is 2. The van der Waals surface area contributed by atoms with Crippen molar-refractivity contribution in [3.63, 3.8) is 0 Å². The zero-order chi connectivity index (χ0) is 21.1. The topological polar surface area (TPSA) is 70.5 Å². The van der Waals surface area contributed by atoms with Crippen molar-refractivity contribution in [1.82, 2.24) is 9.88 Å². The molecule has 2 aromatic carbocycles. The SMILES string of the molecule is O=C1C(=O)N(CCc2ccccc2)C(c2ccc(Cl)cc2)C1=C(O)c1ccncc1. The van der Waals surface area contributed by atoms with Crippen molar-refractivity contribution in [2.75, 3.05) is 6.54 Å². The summed E-state index contributed by atoms with van der Waals surface area (Å²) < 4.78 is 0. The van der Waals surface area contributed by atoms with Gasteiger partial charge in [-0.25, -0.2) is 0 Å². The third kappa shape index (κ3) is 3.84. The largest absolute Gasteiger partial charge is 0.507 e. The Balaban J connectivity index is 1.78. The van der Waals surface area contributed by atoms with E-state index in [2.05, 4.69) is 4.98 Å². The van der Waals surface area contributed by atoms with Gasteiger partial charge in [0.2, 0.25) is 0 Å². The second kappa shape index (κ2) is 8.51. The number of benzene rings is 2. The molecular weight excluding hydrogens is 400 g/mol. The molecule has 4 rings (SSSR count). The van der Waals surface area contributed by atoms with Crippen LogP contribution >= 0.6 is 11.6 Å². The molecule has 2 heterocycles. The lowest BCUT2D eigenvalue weighted by atomic mass is 9.95. The Bertz CT molecular complexity index is 1100. The Labute approximate surface area is 179 Å². The van der Waals surface area contributed by atoms with Crippen LogP contribution in [0, 0.1) is 0 Å². The standard InChI is InChI=1S/C24H19ClN2O3/c25-19-8-6-17(7-9-19)21-20(22(28)18-10-13-26-14-11-18)23(29)24(30)27(21)15-12-16-4-2-1-3-5-16/h1-11,13-14,21,28H,12,15H2. The third-order valence-electron chi connectivity index (χ3n) is 5.16. The number of rotatable bonds is 5. The maximum atomic E-state index is 12.9. The van der Waals surface area contributed by atoms with Gasteiger partial charge in [0.15, 0.2) is 0 Å². The molecule has 0 bridgehead atoms. The van der Waals surface area contributed by atoms with Gasteiger partial charge in [-0.1, -0.05) is 54.1 Å². The van der Waals surface area contributed by atoms with Gasteiger partial charge in [0.1, 0.15) is 5.76 Å². The number of hydrogen-bond donors (Lipinski definition) is 1. The number of halogens is 1. The molecule has 1 unspecified atom stereocenters. The van der Waals surface area contributed by atoms with Crippen LogP contribution in [-0.2, 0) is 16.0 Å².